The molecule has 2 aliphatic rings. The van der Waals surface area contributed by atoms with Gasteiger partial charge in [0.15, 0.2) is 11.6 Å². The van der Waals surface area contributed by atoms with Gasteiger partial charge in [-0.25, -0.2) is 16.8 Å². The number of aryl methyl sites for hydroxylation is 8. The minimum absolute atomic E-state index is 0.00608. The molecule has 2 fully saturated rings. The van der Waals surface area contributed by atoms with Crippen molar-refractivity contribution < 1.29 is 44.5 Å². The number of rotatable bonds is 13. The number of carbonyl (C=O) groups excluding carboxylic acids is 2. The molecular weight excluding hydrogens is 900 g/mol. The Labute approximate surface area is 386 Å². The zero-order valence-electron chi connectivity index (χ0n) is 39.3. The van der Waals surface area contributed by atoms with E-state index < -0.39 is 20.0 Å². The molecule has 0 spiro atoms. The molecule has 4 aromatic heterocycles. The Balaban J connectivity index is 0.000000269. The normalized spacial score (nSPS) is 17.9. The monoisotopic (exact) mass is 960 g/mol. The van der Waals surface area contributed by atoms with Crippen LogP contribution in [0.3, 0.4) is 0 Å². The van der Waals surface area contributed by atoms with Crippen LogP contribution in [0.2, 0.25) is 0 Å². The number of alkyl halides is 1. The van der Waals surface area contributed by atoms with Gasteiger partial charge in [0.25, 0.3) is 0 Å². The van der Waals surface area contributed by atoms with Gasteiger partial charge in [-0.15, -0.1) is 11.6 Å². The first kappa shape index (κ1) is 52.8. The van der Waals surface area contributed by atoms with Gasteiger partial charge in [0.1, 0.15) is 23.0 Å². The molecule has 0 amide bonds. The molecule has 2 aliphatic heterocycles. The zero-order chi connectivity index (χ0) is 48.4. The predicted octanol–water partition coefficient (Wildman–Crippen LogP) is 5.57. The van der Waals surface area contributed by atoms with Crippen LogP contribution < -0.4 is 5.32 Å². The highest BCUT2D eigenvalue weighted by atomic mass is 35.5. The van der Waals surface area contributed by atoms with Crippen LogP contribution in [0.15, 0.2) is 40.4 Å². The van der Waals surface area contributed by atoms with Gasteiger partial charge >= 0.3 is 0 Å². The fourth-order valence-corrected chi connectivity index (χ4v) is 10.1. The van der Waals surface area contributed by atoms with Gasteiger partial charge in [0.2, 0.25) is 20.0 Å². The molecule has 6 rings (SSSR count). The maximum Gasteiger partial charge on any atom is 0.214 e. The molecule has 18 nitrogen and oxygen atoms in total. The molecule has 6 heterocycles. The van der Waals surface area contributed by atoms with Crippen molar-refractivity contribution in [1.29, 1.82) is 0 Å². The van der Waals surface area contributed by atoms with Gasteiger partial charge in [-0.3, -0.25) is 9.59 Å². The number of piperidine rings is 2. The SMILES string of the molecule is CNC.Cc1noc(C)c1/C=C1\CN(S(=O)(=O)CCCCl)C/C(=C\c2c(C)noc2C)C1=O.Cc1noc(C)c1/C=C1\CN(S(=O)(=O)CCCN(C)C)C/C(=C\c2c(C)noc2C)C1=O. The molecule has 0 saturated carbocycles. The van der Waals surface area contributed by atoms with Crippen LogP contribution in [-0.4, -0.2) is 141 Å². The number of sulfonamides is 2. The minimum Gasteiger partial charge on any atom is -0.361 e. The number of Topliss-reactive ketones (excluding diaryl/α,β-unsaturated/α-hetero) is 2. The van der Waals surface area contributed by atoms with Crippen LogP contribution in [0.4, 0.5) is 0 Å². The van der Waals surface area contributed by atoms with Crippen molar-refractivity contribution in [3.8, 4) is 0 Å². The largest absolute Gasteiger partial charge is 0.361 e. The third-order valence-electron chi connectivity index (χ3n) is 10.5. The molecule has 0 radical (unpaired) electrons. The van der Waals surface area contributed by atoms with Gasteiger partial charge in [-0.1, -0.05) is 20.6 Å². The van der Waals surface area contributed by atoms with E-state index >= 15 is 0 Å². The Morgan fingerprint density at radius 3 is 1.03 bits per heavy atom. The van der Waals surface area contributed by atoms with Crippen LogP contribution in [0.1, 0.15) is 80.9 Å². The summed E-state index contributed by atoms with van der Waals surface area (Å²) in [5, 5.41) is 18.4. The van der Waals surface area contributed by atoms with Crippen molar-refractivity contribution in [3.05, 3.63) is 90.4 Å². The van der Waals surface area contributed by atoms with Crippen LogP contribution in [0, 0.1) is 55.4 Å². The van der Waals surface area contributed by atoms with Crippen molar-refractivity contribution >= 4 is 67.5 Å². The molecule has 65 heavy (non-hydrogen) atoms. The van der Waals surface area contributed by atoms with E-state index in [1.807, 2.05) is 33.1 Å². The number of aromatic nitrogens is 4. The average molecular weight is 962 g/mol. The number of nitrogens with zero attached hydrogens (tertiary/aromatic N) is 7. The predicted molar refractivity (Wildman–Crippen MR) is 250 cm³/mol. The Hall–Kier alpha value is -4.83. The Kier molecular flexibility index (Phi) is 18.7. The number of hydrogen-bond acceptors (Lipinski definition) is 16. The van der Waals surface area contributed by atoms with Crippen LogP contribution in [-0.2, 0) is 29.6 Å². The molecule has 0 aromatic carbocycles. The molecular formula is C44H61ClN8O10S2. The molecule has 0 bridgehead atoms. The number of carbonyl (C=O) groups is 2. The Morgan fingerprint density at radius 2 is 0.815 bits per heavy atom. The highest BCUT2D eigenvalue weighted by molar-refractivity contribution is 7.89. The molecule has 0 aliphatic carbocycles. The van der Waals surface area contributed by atoms with Crippen LogP contribution >= 0.6 is 11.6 Å². The van der Waals surface area contributed by atoms with E-state index in [0.29, 0.717) is 110 Å². The number of ketones is 2. The highest BCUT2D eigenvalue weighted by Gasteiger charge is 2.35. The summed E-state index contributed by atoms with van der Waals surface area (Å²) in [6.07, 6.45) is 7.53. The fraction of sp³-hybridized carbons (Fsp3) is 0.500. The van der Waals surface area contributed by atoms with E-state index in [0.717, 1.165) is 0 Å². The second-order valence-electron chi connectivity index (χ2n) is 16.2. The summed E-state index contributed by atoms with van der Waals surface area (Å²) < 4.78 is 75.4. The van der Waals surface area contributed by atoms with Crippen molar-refractivity contribution in [3.63, 3.8) is 0 Å². The molecule has 0 unspecified atom stereocenters. The Bertz CT molecular complexity index is 2470. The summed E-state index contributed by atoms with van der Waals surface area (Å²) in [5.41, 5.74) is 6.73. The van der Waals surface area contributed by atoms with Crippen molar-refractivity contribution in [2.24, 2.45) is 0 Å². The first-order valence-corrected chi connectivity index (χ1v) is 24.7. The molecule has 4 aromatic rings. The zero-order valence-corrected chi connectivity index (χ0v) is 41.7. The lowest BCUT2D eigenvalue weighted by Crippen LogP contribution is -2.43. The average Bonchev–Trinajstić information content (AvgIpc) is 3.95. The molecule has 2 saturated heterocycles. The van der Waals surface area contributed by atoms with Crippen LogP contribution in [0.5, 0.6) is 0 Å². The third kappa shape index (κ3) is 13.6. The van der Waals surface area contributed by atoms with Gasteiger partial charge in [-0.05, 0) is 127 Å². The number of halogens is 1. The second kappa shape index (κ2) is 23.1. The first-order valence-electron chi connectivity index (χ1n) is 20.9. The summed E-state index contributed by atoms with van der Waals surface area (Å²) >= 11 is 5.69. The lowest BCUT2D eigenvalue weighted by atomic mass is 9.95. The standard InChI is InChI=1S/C22H30N4O5S.C20H24ClN3O5S.C2H7N/c1-14-20(16(3)30-23-14)10-18-12-26(32(28,29)9-7-8-25(5)6)13-19(22(18)27)11-21-15(2)24-31-17(21)4;1-12-18(14(3)28-22-12)8-16-10-24(30(26,27)7-5-6-21)11-17(20(16)25)9-19-13(2)23-29-15(19)4;1-3-2/h10-11H,7-9,12-13H2,1-6H3;8-9H,5-7,10-11H2,1-4H3;3H,1-2H3/b18-10+,19-11+;16-8+,17-9+;. The van der Waals surface area contributed by atoms with Crippen molar-refractivity contribution in [1.82, 2.24) is 39.5 Å². The van der Waals surface area contributed by atoms with E-state index in [1.165, 1.54) is 8.61 Å². The van der Waals surface area contributed by atoms with E-state index in [2.05, 4.69) is 25.9 Å². The topological polar surface area (TPSA) is 228 Å². The summed E-state index contributed by atoms with van der Waals surface area (Å²) in [6.45, 7) is 14.8. The summed E-state index contributed by atoms with van der Waals surface area (Å²) in [7, 11) is 0.390. The quantitative estimate of drug-likeness (QED) is 0.128. The Morgan fingerprint density at radius 1 is 0.554 bits per heavy atom. The second-order valence-corrected chi connectivity index (χ2v) is 20.7. The van der Waals surface area contributed by atoms with E-state index in [4.69, 9.17) is 29.7 Å². The lowest BCUT2D eigenvalue weighted by Gasteiger charge is -2.29. The molecule has 0 atom stereocenters. The van der Waals surface area contributed by atoms with Gasteiger partial charge in [-0.2, -0.15) is 8.61 Å². The number of hydrogen-bond donors (Lipinski definition) is 1. The molecule has 356 valence electrons. The van der Waals surface area contributed by atoms with Crippen molar-refractivity contribution in [2.45, 2.75) is 68.2 Å². The van der Waals surface area contributed by atoms with Gasteiger partial charge < -0.3 is 28.3 Å². The smallest absolute Gasteiger partial charge is 0.214 e. The molecule has 1 N–H and O–H groups in total. The van der Waals surface area contributed by atoms with Gasteiger partial charge in [0.05, 0.1) is 34.3 Å². The van der Waals surface area contributed by atoms with Crippen molar-refractivity contribution in [2.75, 3.05) is 78.3 Å². The highest BCUT2D eigenvalue weighted by Crippen LogP contribution is 2.29. The fourth-order valence-electron chi connectivity index (χ4n) is 6.95. The third-order valence-corrected chi connectivity index (χ3v) is 14.5. The maximum atomic E-state index is 13.3. The van der Waals surface area contributed by atoms with E-state index in [9.17, 15) is 26.4 Å². The van der Waals surface area contributed by atoms with E-state index in [1.54, 1.807) is 79.7 Å². The molecule has 21 heteroatoms. The first-order chi connectivity index (χ1) is 30.5. The van der Waals surface area contributed by atoms with E-state index in [-0.39, 0.29) is 55.1 Å². The summed E-state index contributed by atoms with van der Waals surface area (Å²) in [5.74, 6) is 2.02. The lowest BCUT2D eigenvalue weighted by molar-refractivity contribution is -0.113. The van der Waals surface area contributed by atoms with Crippen LogP contribution in [0.25, 0.3) is 24.3 Å². The number of nitrogens with one attached hydrogen (secondary N) is 1. The van der Waals surface area contributed by atoms with Gasteiger partial charge in [0, 0.05) is 76.6 Å². The summed E-state index contributed by atoms with van der Waals surface area (Å²) in [6, 6.07) is 0. The maximum absolute atomic E-state index is 13.3. The summed E-state index contributed by atoms with van der Waals surface area (Å²) in [4.78, 5) is 28.5. The minimum atomic E-state index is -3.60.